The van der Waals surface area contributed by atoms with Crippen molar-refractivity contribution in [3.05, 3.63) is 19.2 Å². The van der Waals surface area contributed by atoms with Crippen molar-refractivity contribution in [1.29, 1.82) is 0 Å². The van der Waals surface area contributed by atoms with Gasteiger partial charge in [-0.1, -0.05) is 0 Å². The highest BCUT2D eigenvalue weighted by molar-refractivity contribution is 9.12. The summed E-state index contributed by atoms with van der Waals surface area (Å²) in [5.74, 6) is -0.143. The fourth-order valence-corrected chi connectivity index (χ4v) is 5.10. The summed E-state index contributed by atoms with van der Waals surface area (Å²) in [6, 6.07) is 1.72. The molecule has 118 valence electrons. The van der Waals surface area contributed by atoms with E-state index in [0.717, 1.165) is 7.57 Å². The number of thiophene rings is 1. The third-order valence-electron chi connectivity index (χ3n) is 3.23. The zero-order chi connectivity index (χ0) is 15.6. The van der Waals surface area contributed by atoms with Crippen molar-refractivity contribution in [3.63, 3.8) is 0 Å². The van der Waals surface area contributed by atoms with E-state index in [1.54, 1.807) is 6.07 Å². The van der Waals surface area contributed by atoms with Crippen LogP contribution in [0.25, 0.3) is 0 Å². The van der Waals surface area contributed by atoms with E-state index in [-0.39, 0.29) is 11.8 Å². The van der Waals surface area contributed by atoms with Crippen molar-refractivity contribution in [2.24, 2.45) is 5.92 Å². The number of hydrogen-bond acceptors (Lipinski definition) is 3. The Bertz CT molecular complexity index is 521. The molecule has 1 N–H and O–H groups in total. The van der Waals surface area contributed by atoms with Crippen LogP contribution in [0, 0.1) is 5.92 Å². The SMILES string of the molecule is O=C(NCC1CCN(CC(F)(F)F)C1)c1cc(Br)sc1Br. The van der Waals surface area contributed by atoms with Gasteiger partial charge in [0, 0.05) is 13.1 Å². The summed E-state index contributed by atoms with van der Waals surface area (Å²) in [5.41, 5.74) is 0.539. The molecule has 1 aliphatic heterocycles. The third kappa shape index (κ3) is 5.22. The Labute approximate surface area is 141 Å². The summed E-state index contributed by atoms with van der Waals surface area (Å²) in [6.45, 7) is 0.315. The molecule has 0 spiro atoms. The number of alkyl halides is 3. The molecule has 1 aliphatic rings. The summed E-state index contributed by atoms with van der Waals surface area (Å²) in [6.07, 6.45) is -3.49. The van der Waals surface area contributed by atoms with Crippen molar-refractivity contribution in [3.8, 4) is 0 Å². The number of carbonyl (C=O) groups excluding carboxylic acids is 1. The number of rotatable bonds is 4. The quantitative estimate of drug-likeness (QED) is 0.756. The van der Waals surface area contributed by atoms with Crippen LogP contribution in [-0.4, -0.2) is 43.2 Å². The molecule has 1 fully saturated rings. The van der Waals surface area contributed by atoms with Crippen molar-refractivity contribution in [2.45, 2.75) is 12.6 Å². The molecule has 0 bridgehead atoms. The summed E-state index contributed by atoms with van der Waals surface area (Å²) in [4.78, 5) is 13.4. The van der Waals surface area contributed by atoms with Crippen LogP contribution in [0.2, 0.25) is 0 Å². The Kier molecular flexibility index (Phi) is 5.72. The Morgan fingerprint density at radius 2 is 2.19 bits per heavy atom. The first-order chi connectivity index (χ1) is 9.74. The van der Waals surface area contributed by atoms with E-state index in [0.29, 0.717) is 31.6 Å². The van der Waals surface area contributed by atoms with Gasteiger partial charge in [-0.05, 0) is 56.8 Å². The highest BCUT2D eigenvalue weighted by Crippen LogP contribution is 2.31. The molecule has 9 heteroatoms. The van der Waals surface area contributed by atoms with E-state index in [1.807, 2.05) is 0 Å². The maximum atomic E-state index is 12.3. The highest BCUT2D eigenvalue weighted by atomic mass is 79.9. The molecule has 1 saturated heterocycles. The first kappa shape index (κ1) is 17.2. The van der Waals surface area contributed by atoms with Gasteiger partial charge in [-0.25, -0.2) is 0 Å². The van der Waals surface area contributed by atoms with Crippen LogP contribution in [0.4, 0.5) is 13.2 Å². The van der Waals surface area contributed by atoms with Crippen LogP contribution < -0.4 is 5.32 Å². The number of likely N-dealkylation sites (tertiary alicyclic amines) is 1. The number of carbonyl (C=O) groups is 1. The normalized spacial score (nSPS) is 20.0. The van der Waals surface area contributed by atoms with Gasteiger partial charge in [0.25, 0.3) is 5.91 Å². The molecule has 2 rings (SSSR count). The van der Waals surface area contributed by atoms with Crippen molar-refractivity contribution in [2.75, 3.05) is 26.2 Å². The lowest BCUT2D eigenvalue weighted by Crippen LogP contribution is -2.34. The van der Waals surface area contributed by atoms with Gasteiger partial charge in [0.2, 0.25) is 0 Å². The number of halogens is 5. The van der Waals surface area contributed by atoms with Crippen LogP contribution in [0.15, 0.2) is 13.6 Å². The van der Waals surface area contributed by atoms with Gasteiger partial charge in [0.15, 0.2) is 0 Å². The molecule has 0 aromatic carbocycles. The fraction of sp³-hybridized carbons (Fsp3) is 0.583. The maximum Gasteiger partial charge on any atom is 0.401 e. The van der Waals surface area contributed by atoms with Gasteiger partial charge >= 0.3 is 6.18 Å². The molecule has 0 saturated carbocycles. The Morgan fingerprint density at radius 3 is 2.76 bits per heavy atom. The first-order valence-electron chi connectivity index (χ1n) is 6.27. The number of nitrogens with one attached hydrogen (secondary N) is 1. The van der Waals surface area contributed by atoms with E-state index < -0.39 is 12.7 Å². The average Bonchev–Trinajstić information content (AvgIpc) is 2.91. The second-order valence-electron chi connectivity index (χ2n) is 4.95. The molecule has 1 aromatic heterocycles. The van der Waals surface area contributed by atoms with E-state index in [2.05, 4.69) is 37.2 Å². The van der Waals surface area contributed by atoms with Crippen LogP contribution in [-0.2, 0) is 0 Å². The summed E-state index contributed by atoms with van der Waals surface area (Å²) >= 11 is 8.01. The molecule has 21 heavy (non-hydrogen) atoms. The van der Waals surface area contributed by atoms with Gasteiger partial charge in [-0.3, -0.25) is 9.69 Å². The van der Waals surface area contributed by atoms with Crippen LogP contribution >= 0.6 is 43.2 Å². The molecule has 1 amide bonds. The maximum absolute atomic E-state index is 12.3. The van der Waals surface area contributed by atoms with Gasteiger partial charge in [0.1, 0.15) is 0 Å². The van der Waals surface area contributed by atoms with Gasteiger partial charge in [-0.15, -0.1) is 11.3 Å². The van der Waals surface area contributed by atoms with Gasteiger partial charge in [-0.2, -0.15) is 13.2 Å². The molecular weight excluding hydrogens is 437 g/mol. The van der Waals surface area contributed by atoms with E-state index in [1.165, 1.54) is 16.2 Å². The minimum Gasteiger partial charge on any atom is -0.352 e. The van der Waals surface area contributed by atoms with E-state index in [9.17, 15) is 18.0 Å². The summed E-state index contributed by atoms with van der Waals surface area (Å²) < 4.78 is 38.5. The largest absolute Gasteiger partial charge is 0.401 e. The zero-order valence-corrected chi connectivity index (χ0v) is 14.8. The van der Waals surface area contributed by atoms with Gasteiger partial charge < -0.3 is 5.32 Å². The van der Waals surface area contributed by atoms with Gasteiger partial charge in [0.05, 0.1) is 19.7 Å². The van der Waals surface area contributed by atoms with Crippen LogP contribution in [0.3, 0.4) is 0 Å². The second-order valence-corrected chi connectivity index (χ2v) is 8.70. The predicted molar refractivity (Wildman–Crippen MR) is 82.7 cm³/mol. The Balaban J connectivity index is 1.79. The first-order valence-corrected chi connectivity index (χ1v) is 8.67. The average molecular weight is 450 g/mol. The second kappa shape index (κ2) is 6.97. The minimum atomic E-state index is -4.16. The summed E-state index contributed by atoms with van der Waals surface area (Å²) in [5, 5.41) is 2.79. The molecule has 1 unspecified atom stereocenters. The molecule has 1 atom stereocenters. The smallest absolute Gasteiger partial charge is 0.352 e. The molecule has 0 radical (unpaired) electrons. The minimum absolute atomic E-state index is 0.0668. The molecule has 2 heterocycles. The lowest BCUT2D eigenvalue weighted by Gasteiger charge is -2.18. The van der Waals surface area contributed by atoms with Crippen molar-refractivity contribution in [1.82, 2.24) is 10.2 Å². The van der Waals surface area contributed by atoms with E-state index in [4.69, 9.17) is 0 Å². The number of nitrogens with zero attached hydrogens (tertiary/aromatic N) is 1. The van der Waals surface area contributed by atoms with Crippen LogP contribution in [0.1, 0.15) is 16.8 Å². The Morgan fingerprint density at radius 1 is 1.48 bits per heavy atom. The lowest BCUT2D eigenvalue weighted by atomic mass is 10.1. The Hall–Kier alpha value is -0.120. The summed E-state index contributed by atoms with van der Waals surface area (Å²) in [7, 11) is 0. The zero-order valence-electron chi connectivity index (χ0n) is 10.8. The van der Waals surface area contributed by atoms with E-state index >= 15 is 0 Å². The number of amides is 1. The topological polar surface area (TPSA) is 32.3 Å². The monoisotopic (exact) mass is 448 g/mol. The standard InChI is InChI=1S/C12H13Br2F3N2OS/c13-9-3-8(10(14)21-9)11(20)18-4-7-1-2-19(5-7)6-12(15,16)17/h3,7H,1-2,4-6H2,(H,18,20). The molecule has 1 aromatic rings. The third-order valence-corrected chi connectivity index (χ3v) is 5.56. The predicted octanol–water partition coefficient (Wildman–Crippen LogP) is 3.89. The molecular formula is C12H13Br2F3N2OS. The van der Waals surface area contributed by atoms with Crippen molar-refractivity contribution >= 4 is 49.1 Å². The highest BCUT2D eigenvalue weighted by Gasteiger charge is 2.34. The lowest BCUT2D eigenvalue weighted by molar-refractivity contribution is -0.143. The molecule has 3 nitrogen and oxygen atoms in total. The fourth-order valence-electron chi connectivity index (χ4n) is 2.30. The van der Waals surface area contributed by atoms with Crippen molar-refractivity contribution < 1.29 is 18.0 Å². The molecule has 0 aliphatic carbocycles. The number of hydrogen-bond donors (Lipinski definition) is 1. The van der Waals surface area contributed by atoms with Crippen LogP contribution in [0.5, 0.6) is 0 Å².